The summed E-state index contributed by atoms with van der Waals surface area (Å²) in [7, 11) is 2.13. The number of rotatable bonds is 4. The summed E-state index contributed by atoms with van der Waals surface area (Å²) in [5.41, 5.74) is 2.75. The minimum absolute atomic E-state index is 0.885. The van der Waals surface area contributed by atoms with Crippen LogP contribution in [-0.2, 0) is 13.6 Å². The van der Waals surface area contributed by atoms with Gasteiger partial charge in [-0.1, -0.05) is 18.2 Å². The summed E-state index contributed by atoms with van der Waals surface area (Å²) in [6, 6.07) is 8.66. The lowest BCUT2D eigenvalue weighted by Gasteiger charge is -2.21. The van der Waals surface area contributed by atoms with Gasteiger partial charge in [-0.3, -0.25) is 0 Å². The maximum Gasteiger partial charge on any atom is 0.0481 e. The summed E-state index contributed by atoms with van der Waals surface area (Å²) in [6.07, 6.45) is 5.02. The zero-order valence-electron chi connectivity index (χ0n) is 11.6. The van der Waals surface area contributed by atoms with Gasteiger partial charge in [-0.15, -0.1) is 0 Å². The largest absolute Gasteiger partial charge is 0.350 e. The van der Waals surface area contributed by atoms with E-state index in [1.165, 1.54) is 47.4 Å². The molecule has 1 aromatic carbocycles. The van der Waals surface area contributed by atoms with E-state index in [1.807, 2.05) is 0 Å². The van der Waals surface area contributed by atoms with Gasteiger partial charge in [0, 0.05) is 30.7 Å². The van der Waals surface area contributed by atoms with E-state index in [0.717, 1.165) is 12.5 Å². The zero-order valence-corrected chi connectivity index (χ0v) is 12.4. The second-order valence-corrected chi connectivity index (χ2v) is 6.69. The van der Waals surface area contributed by atoms with Crippen molar-refractivity contribution in [2.45, 2.75) is 19.4 Å². The van der Waals surface area contributed by atoms with E-state index in [1.54, 1.807) is 0 Å². The first-order valence-corrected chi connectivity index (χ1v) is 8.31. The van der Waals surface area contributed by atoms with Crippen molar-refractivity contribution in [2.24, 2.45) is 13.0 Å². The van der Waals surface area contributed by atoms with Crippen molar-refractivity contribution in [1.29, 1.82) is 0 Å². The maximum absolute atomic E-state index is 3.65. The number of aromatic nitrogens is 1. The lowest BCUT2D eigenvalue weighted by molar-refractivity contribution is 0.448. The van der Waals surface area contributed by atoms with Crippen LogP contribution in [0.2, 0.25) is 0 Å². The first-order valence-electron chi connectivity index (χ1n) is 7.16. The van der Waals surface area contributed by atoms with Crippen molar-refractivity contribution in [3.63, 3.8) is 0 Å². The Morgan fingerprint density at radius 3 is 2.89 bits per heavy atom. The van der Waals surface area contributed by atoms with Gasteiger partial charge >= 0.3 is 0 Å². The van der Waals surface area contributed by atoms with Crippen LogP contribution in [0.5, 0.6) is 0 Å². The normalized spacial score (nSPS) is 17.1. The number of benzene rings is 1. The number of para-hydroxylation sites is 1. The van der Waals surface area contributed by atoms with Crippen LogP contribution in [-0.4, -0.2) is 22.6 Å². The fourth-order valence-electron chi connectivity index (χ4n) is 2.93. The van der Waals surface area contributed by atoms with Gasteiger partial charge in [-0.2, -0.15) is 11.8 Å². The SMILES string of the molecule is Cn1cc(CNCC2CCSCC2)c2ccccc21. The first kappa shape index (κ1) is 13.1. The summed E-state index contributed by atoms with van der Waals surface area (Å²) in [5.74, 6) is 3.58. The third kappa shape index (κ3) is 2.98. The second-order valence-electron chi connectivity index (χ2n) is 5.47. The highest BCUT2D eigenvalue weighted by molar-refractivity contribution is 7.99. The van der Waals surface area contributed by atoms with Crippen LogP contribution in [0.25, 0.3) is 10.9 Å². The summed E-state index contributed by atoms with van der Waals surface area (Å²) in [4.78, 5) is 0. The van der Waals surface area contributed by atoms with Crippen molar-refractivity contribution >= 4 is 22.7 Å². The lowest BCUT2D eigenvalue weighted by atomic mass is 10.0. The Balaban J connectivity index is 1.62. The van der Waals surface area contributed by atoms with Gasteiger partial charge in [0.1, 0.15) is 0 Å². The summed E-state index contributed by atoms with van der Waals surface area (Å²) < 4.78 is 2.23. The Morgan fingerprint density at radius 1 is 1.26 bits per heavy atom. The molecule has 1 aromatic heterocycles. The molecule has 0 radical (unpaired) electrons. The van der Waals surface area contributed by atoms with Gasteiger partial charge in [0.05, 0.1) is 0 Å². The summed E-state index contributed by atoms with van der Waals surface area (Å²) in [5, 5.41) is 5.04. The molecule has 1 saturated heterocycles. The van der Waals surface area contributed by atoms with Crippen LogP contribution in [0.1, 0.15) is 18.4 Å². The van der Waals surface area contributed by atoms with E-state index in [0.29, 0.717) is 0 Å². The topological polar surface area (TPSA) is 17.0 Å². The van der Waals surface area contributed by atoms with Gasteiger partial charge in [-0.25, -0.2) is 0 Å². The maximum atomic E-state index is 3.65. The molecule has 2 nitrogen and oxygen atoms in total. The molecule has 0 bridgehead atoms. The quantitative estimate of drug-likeness (QED) is 0.920. The van der Waals surface area contributed by atoms with Crippen LogP contribution >= 0.6 is 11.8 Å². The lowest BCUT2D eigenvalue weighted by Crippen LogP contribution is -2.25. The highest BCUT2D eigenvalue weighted by Gasteiger charge is 2.13. The van der Waals surface area contributed by atoms with E-state index < -0.39 is 0 Å². The molecule has 0 unspecified atom stereocenters. The molecule has 3 heteroatoms. The average molecular weight is 274 g/mol. The number of aryl methyl sites for hydroxylation is 1. The van der Waals surface area contributed by atoms with Gasteiger partial charge < -0.3 is 9.88 Å². The number of hydrogen-bond acceptors (Lipinski definition) is 2. The molecule has 1 N–H and O–H groups in total. The smallest absolute Gasteiger partial charge is 0.0481 e. The van der Waals surface area contributed by atoms with Gasteiger partial charge in [0.15, 0.2) is 0 Å². The van der Waals surface area contributed by atoms with Gasteiger partial charge in [0.25, 0.3) is 0 Å². The summed E-state index contributed by atoms with van der Waals surface area (Å²) >= 11 is 2.10. The van der Waals surface area contributed by atoms with Crippen LogP contribution in [0, 0.1) is 5.92 Å². The van der Waals surface area contributed by atoms with Crippen LogP contribution in [0.15, 0.2) is 30.5 Å². The monoisotopic (exact) mass is 274 g/mol. The number of nitrogens with zero attached hydrogens (tertiary/aromatic N) is 1. The fourth-order valence-corrected chi connectivity index (χ4v) is 4.13. The predicted octanol–water partition coefficient (Wildman–Crippen LogP) is 3.41. The van der Waals surface area contributed by atoms with E-state index in [2.05, 4.69) is 59.2 Å². The predicted molar refractivity (Wildman–Crippen MR) is 84.7 cm³/mol. The van der Waals surface area contributed by atoms with E-state index in [-0.39, 0.29) is 0 Å². The fraction of sp³-hybridized carbons (Fsp3) is 0.500. The van der Waals surface area contributed by atoms with E-state index in [9.17, 15) is 0 Å². The van der Waals surface area contributed by atoms with Crippen molar-refractivity contribution < 1.29 is 0 Å². The number of hydrogen-bond donors (Lipinski definition) is 1. The molecular formula is C16H22N2S. The number of nitrogens with one attached hydrogen (secondary N) is 1. The highest BCUT2D eigenvalue weighted by atomic mass is 32.2. The molecular weight excluding hydrogens is 252 g/mol. The molecule has 0 saturated carbocycles. The van der Waals surface area contributed by atoms with Crippen LogP contribution in [0.3, 0.4) is 0 Å². The summed E-state index contributed by atoms with van der Waals surface area (Å²) in [6.45, 7) is 2.16. The second kappa shape index (κ2) is 6.02. The van der Waals surface area contributed by atoms with E-state index in [4.69, 9.17) is 0 Å². The van der Waals surface area contributed by atoms with Crippen molar-refractivity contribution in [1.82, 2.24) is 9.88 Å². The Hall–Kier alpha value is -0.930. The third-order valence-electron chi connectivity index (χ3n) is 4.07. The molecule has 0 atom stereocenters. The molecule has 1 aliphatic heterocycles. The molecule has 2 heterocycles. The Morgan fingerprint density at radius 2 is 2.05 bits per heavy atom. The van der Waals surface area contributed by atoms with Gasteiger partial charge in [-0.05, 0) is 48.4 Å². The molecule has 3 rings (SSSR count). The van der Waals surface area contributed by atoms with Crippen LogP contribution in [0.4, 0.5) is 0 Å². The molecule has 0 aliphatic carbocycles. The standard InChI is InChI=1S/C16H22N2S/c1-18-12-14(15-4-2-3-5-16(15)18)11-17-10-13-6-8-19-9-7-13/h2-5,12-13,17H,6-11H2,1H3. The average Bonchev–Trinajstić information content (AvgIpc) is 2.78. The molecule has 0 amide bonds. The van der Waals surface area contributed by atoms with Crippen LogP contribution < -0.4 is 5.32 Å². The molecule has 1 fully saturated rings. The highest BCUT2D eigenvalue weighted by Crippen LogP contribution is 2.23. The van der Waals surface area contributed by atoms with Crippen molar-refractivity contribution in [3.05, 3.63) is 36.0 Å². The van der Waals surface area contributed by atoms with Crippen molar-refractivity contribution in [2.75, 3.05) is 18.1 Å². The number of thioether (sulfide) groups is 1. The zero-order chi connectivity index (χ0) is 13.1. The minimum Gasteiger partial charge on any atom is -0.350 e. The minimum atomic E-state index is 0.885. The number of fused-ring (bicyclic) bond motifs is 1. The Bertz CT molecular complexity index is 541. The molecule has 0 spiro atoms. The van der Waals surface area contributed by atoms with E-state index >= 15 is 0 Å². The van der Waals surface area contributed by atoms with Gasteiger partial charge in [0.2, 0.25) is 0 Å². The molecule has 2 aromatic rings. The third-order valence-corrected chi connectivity index (χ3v) is 5.12. The molecule has 1 aliphatic rings. The Labute approximate surface area is 119 Å². The van der Waals surface area contributed by atoms with Crippen molar-refractivity contribution in [3.8, 4) is 0 Å². The molecule has 102 valence electrons. The first-order chi connectivity index (χ1) is 9.34. The molecule has 19 heavy (non-hydrogen) atoms. The Kier molecular flexibility index (Phi) is 4.14.